The van der Waals surface area contributed by atoms with Gasteiger partial charge in [0.2, 0.25) is 5.91 Å². The summed E-state index contributed by atoms with van der Waals surface area (Å²) < 4.78 is 39.9. The number of anilines is 1. The minimum absolute atomic E-state index is 0.146. The highest BCUT2D eigenvalue weighted by atomic mass is 19.1. The zero-order chi connectivity index (χ0) is 18.0. The van der Waals surface area contributed by atoms with E-state index in [-0.39, 0.29) is 11.3 Å². The average Bonchev–Trinajstić information content (AvgIpc) is 3.06. The summed E-state index contributed by atoms with van der Waals surface area (Å²) >= 11 is 0. The molecule has 1 unspecified atom stereocenters. The van der Waals surface area contributed by atoms with Gasteiger partial charge >= 0.3 is 0 Å². The summed E-state index contributed by atoms with van der Waals surface area (Å²) in [4.78, 5) is 26.3. The van der Waals surface area contributed by atoms with E-state index in [1.165, 1.54) is 23.1 Å². The zero-order valence-corrected chi connectivity index (χ0v) is 13.1. The van der Waals surface area contributed by atoms with E-state index in [1.807, 2.05) is 0 Å². The van der Waals surface area contributed by atoms with Gasteiger partial charge in [-0.05, 0) is 43.2 Å². The quantitative estimate of drug-likeness (QED) is 0.925. The summed E-state index contributed by atoms with van der Waals surface area (Å²) in [6.07, 6.45) is 1.01. The monoisotopic (exact) mass is 348 g/mol. The number of nitrogens with one attached hydrogen (secondary N) is 1. The van der Waals surface area contributed by atoms with Crippen LogP contribution in [0.25, 0.3) is 0 Å². The lowest BCUT2D eigenvalue weighted by Crippen LogP contribution is -2.43. The van der Waals surface area contributed by atoms with Crippen LogP contribution in [0.15, 0.2) is 42.5 Å². The minimum Gasteiger partial charge on any atom is -0.327 e. The molecular weight excluding hydrogens is 333 g/mol. The highest BCUT2D eigenvalue weighted by Crippen LogP contribution is 2.23. The molecule has 0 radical (unpaired) electrons. The van der Waals surface area contributed by atoms with E-state index in [2.05, 4.69) is 5.32 Å². The molecule has 1 heterocycles. The van der Waals surface area contributed by atoms with Gasteiger partial charge in [-0.25, -0.2) is 13.2 Å². The van der Waals surface area contributed by atoms with Gasteiger partial charge in [0.1, 0.15) is 23.5 Å². The average molecular weight is 348 g/mol. The Morgan fingerprint density at radius 2 is 1.80 bits per heavy atom. The standard InChI is InChI=1S/C18H15F3N2O2/c19-12-4-1-3-11(9-12)18(25)23-8-2-5-16(23)17(24)22-15-7-6-13(20)10-14(15)21/h1,3-4,6-7,9-10,16H,2,5,8H2,(H,22,24). The minimum atomic E-state index is -0.894. The molecule has 7 heteroatoms. The van der Waals surface area contributed by atoms with Gasteiger partial charge in [-0.3, -0.25) is 9.59 Å². The maximum absolute atomic E-state index is 13.7. The molecule has 1 fully saturated rings. The van der Waals surface area contributed by atoms with Crippen LogP contribution in [-0.4, -0.2) is 29.3 Å². The second-order valence-corrected chi connectivity index (χ2v) is 5.78. The molecule has 0 aliphatic carbocycles. The van der Waals surface area contributed by atoms with E-state index in [4.69, 9.17) is 0 Å². The summed E-state index contributed by atoms with van der Waals surface area (Å²) in [5, 5.41) is 2.38. The van der Waals surface area contributed by atoms with Crippen LogP contribution < -0.4 is 5.32 Å². The molecule has 2 aromatic carbocycles. The first kappa shape index (κ1) is 17.0. The molecule has 3 rings (SSSR count). The smallest absolute Gasteiger partial charge is 0.254 e. The van der Waals surface area contributed by atoms with Crippen molar-refractivity contribution >= 4 is 17.5 Å². The van der Waals surface area contributed by atoms with E-state index < -0.39 is 35.3 Å². The predicted molar refractivity (Wildman–Crippen MR) is 85.4 cm³/mol. The molecule has 1 saturated heterocycles. The Morgan fingerprint density at radius 1 is 1.04 bits per heavy atom. The van der Waals surface area contributed by atoms with Crippen LogP contribution in [0.3, 0.4) is 0 Å². The highest BCUT2D eigenvalue weighted by Gasteiger charge is 2.34. The van der Waals surface area contributed by atoms with Crippen molar-refractivity contribution in [2.24, 2.45) is 0 Å². The van der Waals surface area contributed by atoms with E-state index >= 15 is 0 Å². The third-order valence-corrected chi connectivity index (χ3v) is 4.08. The van der Waals surface area contributed by atoms with E-state index in [1.54, 1.807) is 0 Å². The predicted octanol–water partition coefficient (Wildman–Crippen LogP) is 3.35. The van der Waals surface area contributed by atoms with E-state index in [9.17, 15) is 22.8 Å². The molecule has 25 heavy (non-hydrogen) atoms. The molecule has 1 atom stereocenters. The van der Waals surface area contributed by atoms with Gasteiger partial charge in [0, 0.05) is 18.2 Å². The van der Waals surface area contributed by atoms with Crippen molar-refractivity contribution in [3.63, 3.8) is 0 Å². The van der Waals surface area contributed by atoms with Crippen molar-refractivity contribution in [2.75, 3.05) is 11.9 Å². The first-order valence-corrected chi connectivity index (χ1v) is 7.78. The largest absolute Gasteiger partial charge is 0.327 e. The molecule has 2 amide bonds. The summed E-state index contributed by atoms with van der Waals surface area (Å²) in [6.45, 7) is 0.347. The Morgan fingerprint density at radius 3 is 2.52 bits per heavy atom. The second-order valence-electron chi connectivity index (χ2n) is 5.78. The number of likely N-dealkylation sites (tertiary alicyclic amines) is 1. The van der Waals surface area contributed by atoms with Gasteiger partial charge in [0.25, 0.3) is 5.91 Å². The van der Waals surface area contributed by atoms with Gasteiger partial charge in [0.05, 0.1) is 5.69 Å². The van der Waals surface area contributed by atoms with Crippen LogP contribution in [0.5, 0.6) is 0 Å². The first-order chi connectivity index (χ1) is 12.0. The third-order valence-electron chi connectivity index (χ3n) is 4.08. The molecular formula is C18H15F3N2O2. The summed E-state index contributed by atoms with van der Waals surface area (Å²) in [5.41, 5.74) is -0.0101. The number of carbonyl (C=O) groups excluding carboxylic acids is 2. The number of amides is 2. The van der Waals surface area contributed by atoms with Crippen molar-refractivity contribution in [3.8, 4) is 0 Å². The van der Waals surface area contributed by atoms with Crippen molar-refractivity contribution in [1.29, 1.82) is 0 Å². The van der Waals surface area contributed by atoms with E-state index in [0.29, 0.717) is 25.5 Å². The van der Waals surface area contributed by atoms with Gasteiger partial charge < -0.3 is 10.2 Å². The Bertz CT molecular complexity index is 826. The number of benzene rings is 2. The number of hydrogen-bond acceptors (Lipinski definition) is 2. The van der Waals surface area contributed by atoms with Crippen LogP contribution >= 0.6 is 0 Å². The number of carbonyl (C=O) groups is 2. The Hall–Kier alpha value is -2.83. The SMILES string of the molecule is O=C(Nc1ccc(F)cc1F)C1CCCN1C(=O)c1cccc(F)c1. The van der Waals surface area contributed by atoms with Gasteiger partial charge in [-0.2, -0.15) is 0 Å². The topological polar surface area (TPSA) is 49.4 Å². The first-order valence-electron chi connectivity index (χ1n) is 7.78. The van der Waals surface area contributed by atoms with Crippen molar-refractivity contribution in [1.82, 2.24) is 4.90 Å². The van der Waals surface area contributed by atoms with Crippen LogP contribution in [0, 0.1) is 17.5 Å². The lowest BCUT2D eigenvalue weighted by Gasteiger charge is -2.24. The van der Waals surface area contributed by atoms with Crippen molar-refractivity contribution in [2.45, 2.75) is 18.9 Å². The molecule has 0 saturated carbocycles. The fraction of sp³-hybridized carbons (Fsp3) is 0.222. The fourth-order valence-corrected chi connectivity index (χ4v) is 2.88. The number of halogens is 3. The highest BCUT2D eigenvalue weighted by molar-refractivity contribution is 6.01. The van der Waals surface area contributed by atoms with Crippen LogP contribution in [0.1, 0.15) is 23.2 Å². The van der Waals surface area contributed by atoms with Crippen LogP contribution in [-0.2, 0) is 4.79 Å². The number of hydrogen-bond donors (Lipinski definition) is 1. The normalized spacial score (nSPS) is 16.8. The van der Waals surface area contributed by atoms with Gasteiger partial charge in [0.15, 0.2) is 0 Å². The number of nitrogens with zero attached hydrogens (tertiary/aromatic N) is 1. The van der Waals surface area contributed by atoms with Crippen molar-refractivity contribution in [3.05, 3.63) is 65.5 Å². The van der Waals surface area contributed by atoms with Crippen LogP contribution in [0.4, 0.5) is 18.9 Å². The molecule has 0 aromatic heterocycles. The van der Waals surface area contributed by atoms with Gasteiger partial charge in [-0.1, -0.05) is 6.07 Å². The van der Waals surface area contributed by atoms with Crippen LogP contribution in [0.2, 0.25) is 0 Å². The Kier molecular flexibility index (Phi) is 4.74. The zero-order valence-electron chi connectivity index (χ0n) is 13.1. The molecule has 1 aliphatic rings. The lowest BCUT2D eigenvalue weighted by molar-refractivity contribution is -0.119. The number of rotatable bonds is 3. The lowest BCUT2D eigenvalue weighted by atomic mass is 10.1. The Labute approximate surface area is 142 Å². The summed E-state index contributed by atoms with van der Waals surface area (Å²) in [5.74, 6) is -3.21. The fourth-order valence-electron chi connectivity index (χ4n) is 2.88. The molecule has 1 N–H and O–H groups in total. The van der Waals surface area contributed by atoms with Gasteiger partial charge in [-0.15, -0.1) is 0 Å². The third kappa shape index (κ3) is 3.65. The summed E-state index contributed by atoms with van der Waals surface area (Å²) in [7, 11) is 0. The second kappa shape index (κ2) is 6.96. The van der Waals surface area contributed by atoms with Crippen molar-refractivity contribution < 1.29 is 22.8 Å². The summed E-state index contributed by atoms with van der Waals surface area (Å²) in [6, 6.07) is 7.25. The van der Waals surface area contributed by atoms with E-state index in [0.717, 1.165) is 18.2 Å². The molecule has 2 aromatic rings. The maximum atomic E-state index is 13.7. The Balaban J connectivity index is 1.76. The molecule has 0 spiro atoms. The molecule has 0 bridgehead atoms. The molecule has 4 nitrogen and oxygen atoms in total. The molecule has 130 valence electrons. The maximum Gasteiger partial charge on any atom is 0.254 e. The molecule has 1 aliphatic heterocycles.